The third kappa shape index (κ3) is 2.83. The molecule has 0 atom stereocenters. The van der Waals surface area contributed by atoms with Crippen LogP contribution in [0.2, 0.25) is 0 Å². The quantitative estimate of drug-likeness (QED) is 0.648. The molecule has 0 bridgehead atoms. The minimum absolute atomic E-state index is 0.0381. The molecule has 0 saturated carbocycles. The Hall–Kier alpha value is -3.10. The largest absolute Gasteiger partial charge is 0.478 e. The van der Waals surface area contributed by atoms with Gasteiger partial charge in [0, 0.05) is 0 Å². The molecule has 2 N–H and O–H groups in total. The van der Waals surface area contributed by atoms with Crippen LogP contribution < -0.4 is 5.32 Å². The number of hydrogen-bond acceptors (Lipinski definition) is 6. The van der Waals surface area contributed by atoms with Crippen LogP contribution in [0, 0.1) is 15.9 Å². The van der Waals surface area contributed by atoms with E-state index in [4.69, 9.17) is 5.11 Å². The zero-order valence-electron chi connectivity index (χ0n) is 9.78. The van der Waals surface area contributed by atoms with Gasteiger partial charge in [0.05, 0.1) is 16.2 Å². The van der Waals surface area contributed by atoms with Crippen LogP contribution >= 0.6 is 0 Å². The molecule has 0 aliphatic carbocycles. The van der Waals surface area contributed by atoms with Crippen molar-refractivity contribution in [2.45, 2.75) is 0 Å². The fourth-order valence-corrected chi connectivity index (χ4v) is 1.35. The molecule has 0 unspecified atom stereocenters. The van der Waals surface area contributed by atoms with Crippen LogP contribution in [-0.4, -0.2) is 26.0 Å². The lowest BCUT2D eigenvalue weighted by molar-refractivity contribution is -0.385. The number of halogens is 1. The first-order chi connectivity index (χ1) is 9.47. The van der Waals surface area contributed by atoms with E-state index in [1.165, 1.54) is 12.1 Å². The summed E-state index contributed by atoms with van der Waals surface area (Å²) >= 11 is 0. The summed E-state index contributed by atoms with van der Waals surface area (Å²) in [5.74, 6) is -2.09. The highest BCUT2D eigenvalue weighted by Gasteiger charge is 2.11. The summed E-state index contributed by atoms with van der Waals surface area (Å²) in [5.41, 5.74) is -0.529. The number of rotatable bonds is 4. The van der Waals surface area contributed by atoms with Crippen LogP contribution in [-0.2, 0) is 0 Å². The summed E-state index contributed by atoms with van der Waals surface area (Å²) < 4.78 is 13.6. The predicted octanol–water partition coefficient (Wildman–Crippen LogP) is 1.97. The Kier molecular flexibility index (Phi) is 3.51. The average molecular weight is 278 g/mol. The zero-order valence-corrected chi connectivity index (χ0v) is 9.78. The topological polar surface area (TPSA) is 118 Å². The zero-order chi connectivity index (χ0) is 14.7. The van der Waals surface area contributed by atoms with E-state index < -0.39 is 16.7 Å². The summed E-state index contributed by atoms with van der Waals surface area (Å²) in [5, 5.41) is 21.6. The summed E-state index contributed by atoms with van der Waals surface area (Å²) in [6.45, 7) is 0. The second-order valence-corrected chi connectivity index (χ2v) is 3.65. The van der Waals surface area contributed by atoms with Crippen LogP contribution in [0.5, 0.6) is 0 Å². The molecule has 102 valence electrons. The van der Waals surface area contributed by atoms with E-state index in [1.807, 2.05) is 0 Å². The Morgan fingerprint density at radius 1 is 1.35 bits per heavy atom. The molecule has 0 aliphatic rings. The number of carboxylic acids is 1. The number of nitrogens with one attached hydrogen (secondary N) is 1. The summed E-state index contributed by atoms with van der Waals surface area (Å²) in [6.07, 6.45) is 1.94. The number of aromatic nitrogens is 2. The first-order valence-corrected chi connectivity index (χ1v) is 5.23. The van der Waals surface area contributed by atoms with Crippen LogP contribution in [0.25, 0.3) is 0 Å². The molecule has 0 fully saturated rings. The smallest absolute Gasteiger partial charge is 0.335 e. The fraction of sp³-hybridized carbons (Fsp3) is 0. The number of nitro groups is 1. The number of hydrogen-bond donors (Lipinski definition) is 2. The molecule has 1 aromatic carbocycles. The minimum atomic E-state index is -1.25. The van der Waals surface area contributed by atoms with Gasteiger partial charge in [0.1, 0.15) is 18.2 Å². The van der Waals surface area contributed by atoms with Gasteiger partial charge in [-0.05, 0) is 18.2 Å². The molecule has 8 nitrogen and oxygen atoms in total. The van der Waals surface area contributed by atoms with E-state index in [2.05, 4.69) is 15.3 Å². The third-order valence-corrected chi connectivity index (χ3v) is 2.31. The van der Waals surface area contributed by atoms with E-state index in [0.29, 0.717) is 0 Å². The lowest BCUT2D eigenvalue weighted by atomic mass is 10.2. The van der Waals surface area contributed by atoms with E-state index in [1.54, 1.807) is 0 Å². The fourth-order valence-electron chi connectivity index (χ4n) is 1.35. The second-order valence-electron chi connectivity index (χ2n) is 3.65. The van der Waals surface area contributed by atoms with E-state index in [-0.39, 0.29) is 22.9 Å². The first-order valence-electron chi connectivity index (χ1n) is 5.23. The van der Waals surface area contributed by atoms with Crippen molar-refractivity contribution in [1.82, 2.24) is 9.97 Å². The number of anilines is 2. The molecule has 0 aliphatic heterocycles. The molecule has 0 spiro atoms. The highest BCUT2D eigenvalue weighted by atomic mass is 19.1. The van der Waals surface area contributed by atoms with Crippen molar-refractivity contribution in [3.8, 4) is 0 Å². The Morgan fingerprint density at radius 3 is 2.50 bits per heavy atom. The van der Waals surface area contributed by atoms with Crippen molar-refractivity contribution in [1.29, 1.82) is 0 Å². The molecule has 0 amide bonds. The average Bonchev–Trinajstić information content (AvgIpc) is 2.41. The Bertz CT molecular complexity index is 675. The van der Waals surface area contributed by atoms with Gasteiger partial charge in [-0.2, -0.15) is 0 Å². The van der Waals surface area contributed by atoms with Crippen molar-refractivity contribution >= 4 is 23.3 Å². The molecular formula is C11H7FN4O4. The Labute approximate surface area is 111 Å². The van der Waals surface area contributed by atoms with E-state index in [9.17, 15) is 19.3 Å². The Morgan fingerprint density at radius 2 is 2.00 bits per heavy atom. The van der Waals surface area contributed by atoms with E-state index in [0.717, 1.165) is 18.5 Å². The van der Waals surface area contributed by atoms with Crippen LogP contribution in [0.4, 0.5) is 21.7 Å². The molecule has 0 radical (unpaired) electrons. The van der Waals surface area contributed by atoms with Gasteiger partial charge in [-0.1, -0.05) is 0 Å². The molecule has 20 heavy (non-hydrogen) atoms. The maximum absolute atomic E-state index is 13.6. The molecule has 2 aromatic rings. The number of aromatic carboxylic acids is 1. The lowest BCUT2D eigenvalue weighted by Gasteiger charge is -2.06. The number of carbonyl (C=O) groups is 1. The van der Waals surface area contributed by atoms with Gasteiger partial charge in [0.25, 0.3) is 0 Å². The van der Waals surface area contributed by atoms with Gasteiger partial charge in [-0.3, -0.25) is 10.1 Å². The van der Waals surface area contributed by atoms with Crippen molar-refractivity contribution in [2.24, 2.45) is 0 Å². The van der Waals surface area contributed by atoms with Crippen molar-refractivity contribution in [3.63, 3.8) is 0 Å². The Balaban J connectivity index is 2.21. The summed E-state index contributed by atoms with van der Waals surface area (Å²) in [4.78, 5) is 27.7. The maximum Gasteiger partial charge on any atom is 0.335 e. The van der Waals surface area contributed by atoms with Crippen molar-refractivity contribution in [2.75, 3.05) is 5.32 Å². The van der Waals surface area contributed by atoms with Gasteiger partial charge in [-0.25, -0.2) is 19.2 Å². The third-order valence-electron chi connectivity index (χ3n) is 2.31. The first kappa shape index (κ1) is 13.3. The maximum atomic E-state index is 13.6. The molecule has 0 saturated heterocycles. The predicted molar refractivity (Wildman–Crippen MR) is 65.3 cm³/mol. The highest BCUT2D eigenvalue weighted by molar-refractivity contribution is 5.88. The molecule has 2 rings (SSSR count). The normalized spacial score (nSPS) is 10.1. The van der Waals surface area contributed by atoms with Gasteiger partial charge in [0.2, 0.25) is 5.95 Å². The minimum Gasteiger partial charge on any atom is -0.478 e. The second kappa shape index (κ2) is 5.26. The monoisotopic (exact) mass is 278 g/mol. The van der Waals surface area contributed by atoms with Crippen LogP contribution in [0.15, 0.2) is 30.6 Å². The number of carboxylic acid groups (broad SMARTS) is 1. The van der Waals surface area contributed by atoms with Crippen LogP contribution in [0.1, 0.15) is 10.4 Å². The highest BCUT2D eigenvalue weighted by Crippen LogP contribution is 2.19. The van der Waals surface area contributed by atoms with E-state index >= 15 is 0 Å². The molecule has 9 heteroatoms. The summed E-state index contributed by atoms with van der Waals surface area (Å²) in [7, 11) is 0. The summed E-state index contributed by atoms with van der Waals surface area (Å²) in [6, 6.07) is 3.26. The van der Waals surface area contributed by atoms with Gasteiger partial charge >= 0.3 is 11.7 Å². The van der Waals surface area contributed by atoms with Gasteiger partial charge in [-0.15, -0.1) is 0 Å². The van der Waals surface area contributed by atoms with Crippen LogP contribution in [0.3, 0.4) is 0 Å². The lowest BCUT2D eigenvalue weighted by Crippen LogP contribution is -2.02. The molecular weight excluding hydrogens is 271 g/mol. The van der Waals surface area contributed by atoms with Crippen molar-refractivity contribution in [3.05, 3.63) is 52.1 Å². The number of benzene rings is 1. The van der Waals surface area contributed by atoms with Gasteiger partial charge < -0.3 is 10.4 Å². The SMILES string of the molecule is O=C(O)c1ccc(Nc2ncc([N+](=O)[O-])cn2)c(F)c1. The standard InChI is InChI=1S/C11H7FN4O4/c12-8-3-6(10(17)18)1-2-9(8)15-11-13-4-7(5-14-11)16(19)20/h1-5H,(H,17,18)(H,13,14,15). The molecule has 1 heterocycles. The number of nitrogens with zero attached hydrogens (tertiary/aromatic N) is 3. The van der Waals surface area contributed by atoms with Crippen molar-refractivity contribution < 1.29 is 19.2 Å². The van der Waals surface area contributed by atoms with Gasteiger partial charge in [0.15, 0.2) is 0 Å². The molecule has 1 aromatic heterocycles.